The third-order valence-corrected chi connectivity index (χ3v) is 2.91. The van der Waals surface area contributed by atoms with Gasteiger partial charge in [-0.25, -0.2) is 0 Å². The first-order valence-electron chi connectivity index (χ1n) is 4.63. The van der Waals surface area contributed by atoms with Crippen LogP contribution in [0.4, 0.5) is 0 Å². The van der Waals surface area contributed by atoms with Crippen molar-refractivity contribution in [1.29, 1.82) is 0 Å². The van der Waals surface area contributed by atoms with Crippen molar-refractivity contribution in [2.24, 2.45) is 11.8 Å². The summed E-state index contributed by atoms with van der Waals surface area (Å²) in [4.78, 5) is 0. The van der Waals surface area contributed by atoms with E-state index in [2.05, 4.69) is 24.3 Å². The molecule has 0 radical (unpaired) electrons. The Bertz CT molecular complexity index is 296. The Kier molecular flexibility index (Phi) is 1.23. The predicted molar refractivity (Wildman–Crippen MR) is 47.5 cm³/mol. The minimum absolute atomic E-state index is 0.749. The van der Waals surface area contributed by atoms with Crippen LogP contribution >= 0.6 is 0 Å². The highest BCUT2D eigenvalue weighted by atomic mass is 16.5. The molecule has 1 fully saturated rings. The topological polar surface area (TPSA) is 9.23 Å². The van der Waals surface area contributed by atoms with Gasteiger partial charge in [0.25, 0.3) is 0 Å². The molecule has 62 valence electrons. The summed E-state index contributed by atoms with van der Waals surface area (Å²) in [6.45, 7) is 0.749. The minimum atomic E-state index is 0.749. The Morgan fingerprint density at radius 3 is 3.42 bits per heavy atom. The Labute approximate surface area is 72.4 Å². The van der Waals surface area contributed by atoms with Crippen molar-refractivity contribution in [2.75, 3.05) is 6.61 Å². The summed E-state index contributed by atoms with van der Waals surface area (Å²) in [7, 11) is 0. The highest BCUT2D eigenvalue weighted by Gasteiger charge is 2.43. The molecule has 0 saturated heterocycles. The molecule has 2 atom stereocenters. The molecular formula is C11H12O. The molecule has 0 aromatic carbocycles. The number of allylic oxidation sites excluding steroid dienone is 5. The summed E-state index contributed by atoms with van der Waals surface area (Å²) in [6, 6.07) is 0. The molecule has 0 spiro atoms. The van der Waals surface area contributed by atoms with Crippen LogP contribution in [0.2, 0.25) is 0 Å². The monoisotopic (exact) mass is 160 g/mol. The van der Waals surface area contributed by atoms with E-state index in [1.165, 1.54) is 24.2 Å². The molecule has 0 aromatic heterocycles. The Hall–Kier alpha value is -0.980. The molecule has 0 amide bonds. The average Bonchev–Trinajstić information content (AvgIpc) is 2.77. The van der Waals surface area contributed by atoms with Gasteiger partial charge in [-0.3, -0.25) is 0 Å². The van der Waals surface area contributed by atoms with Gasteiger partial charge in [0.05, 0.1) is 0 Å². The van der Waals surface area contributed by atoms with Crippen molar-refractivity contribution >= 4 is 0 Å². The first-order chi connectivity index (χ1) is 5.93. The van der Waals surface area contributed by atoms with Crippen LogP contribution in [0.5, 0.6) is 0 Å². The molecule has 1 aliphatic heterocycles. The lowest BCUT2D eigenvalue weighted by atomic mass is 10.00. The van der Waals surface area contributed by atoms with E-state index >= 15 is 0 Å². The second-order valence-corrected chi connectivity index (χ2v) is 3.83. The van der Waals surface area contributed by atoms with Gasteiger partial charge in [0.15, 0.2) is 0 Å². The van der Waals surface area contributed by atoms with E-state index in [1.54, 1.807) is 0 Å². The molecule has 0 aromatic rings. The third-order valence-electron chi connectivity index (χ3n) is 2.91. The van der Waals surface area contributed by atoms with Crippen LogP contribution < -0.4 is 0 Å². The summed E-state index contributed by atoms with van der Waals surface area (Å²) < 4.78 is 5.64. The normalized spacial score (nSPS) is 36.7. The van der Waals surface area contributed by atoms with E-state index in [-0.39, 0.29) is 0 Å². The lowest BCUT2D eigenvalue weighted by Crippen LogP contribution is -2.04. The van der Waals surface area contributed by atoms with Gasteiger partial charge >= 0.3 is 0 Å². The van der Waals surface area contributed by atoms with Gasteiger partial charge in [-0.15, -0.1) is 0 Å². The lowest BCUT2D eigenvalue weighted by molar-refractivity contribution is 0.222. The van der Waals surface area contributed by atoms with Crippen molar-refractivity contribution in [2.45, 2.75) is 12.8 Å². The molecule has 1 nitrogen and oxygen atoms in total. The molecule has 1 heterocycles. The summed E-state index contributed by atoms with van der Waals surface area (Å²) in [6.07, 6.45) is 11.3. The van der Waals surface area contributed by atoms with E-state index < -0.39 is 0 Å². The quantitative estimate of drug-likeness (QED) is 0.528. The van der Waals surface area contributed by atoms with E-state index in [1.807, 2.05) is 0 Å². The molecule has 2 bridgehead atoms. The fraction of sp³-hybridized carbons (Fsp3) is 0.455. The van der Waals surface area contributed by atoms with E-state index in [0.29, 0.717) is 0 Å². The van der Waals surface area contributed by atoms with Crippen LogP contribution in [0, 0.1) is 11.8 Å². The standard InChI is InChI=1S/C11H12O/c1-2-4-12-11-6-8(3-1)5-9-7-10(9)11/h1-3,6,9-10H,4-5,7H2. The van der Waals surface area contributed by atoms with E-state index in [9.17, 15) is 0 Å². The van der Waals surface area contributed by atoms with Gasteiger partial charge < -0.3 is 4.74 Å². The summed E-state index contributed by atoms with van der Waals surface area (Å²) in [5.41, 5.74) is 1.44. The fourth-order valence-corrected chi connectivity index (χ4v) is 2.13. The Balaban J connectivity index is 2.00. The number of fused-ring (bicyclic) bond motifs is 3. The van der Waals surface area contributed by atoms with Crippen LogP contribution in [-0.2, 0) is 4.74 Å². The van der Waals surface area contributed by atoms with Gasteiger partial charge in [0.2, 0.25) is 0 Å². The molecule has 2 aliphatic carbocycles. The van der Waals surface area contributed by atoms with E-state index in [0.717, 1.165) is 18.4 Å². The van der Waals surface area contributed by atoms with Crippen molar-refractivity contribution in [3.63, 3.8) is 0 Å². The second-order valence-electron chi connectivity index (χ2n) is 3.83. The SMILES string of the molecule is C1=CCOC2=CC(=C1)CC1CC21. The van der Waals surface area contributed by atoms with Crippen LogP contribution in [0.1, 0.15) is 12.8 Å². The van der Waals surface area contributed by atoms with Gasteiger partial charge in [-0.05, 0) is 36.5 Å². The molecule has 3 rings (SSSR count). The average molecular weight is 160 g/mol. The number of ether oxygens (including phenoxy) is 1. The minimum Gasteiger partial charge on any atom is -0.494 e. The zero-order chi connectivity index (χ0) is 7.97. The van der Waals surface area contributed by atoms with Crippen molar-refractivity contribution in [1.82, 2.24) is 0 Å². The first kappa shape index (κ1) is 6.53. The fourth-order valence-electron chi connectivity index (χ4n) is 2.13. The highest BCUT2D eigenvalue weighted by Crippen LogP contribution is 2.52. The largest absolute Gasteiger partial charge is 0.494 e. The van der Waals surface area contributed by atoms with Crippen molar-refractivity contribution in [3.8, 4) is 0 Å². The summed E-state index contributed by atoms with van der Waals surface area (Å²) >= 11 is 0. The Morgan fingerprint density at radius 2 is 2.42 bits per heavy atom. The number of hydrogen-bond donors (Lipinski definition) is 0. The predicted octanol–water partition coefficient (Wildman–Crippen LogP) is 2.42. The maximum atomic E-state index is 5.64. The highest BCUT2D eigenvalue weighted by molar-refractivity contribution is 5.35. The van der Waals surface area contributed by atoms with Gasteiger partial charge in [-0.1, -0.05) is 12.2 Å². The lowest BCUT2D eigenvalue weighted by Gasteiger charge is -2.16. The zero-order valence-electron chi connectivity index (χ0n) is 6.99. The molecule has 1 saturated carbocycles. The van der Waals surface area contributed by atoms with Crippen LogP contribution in [0.15, 0.2) is 35.6 Å². The maximum absolute atomic E-state index is 5.64. The van der Waals surface area contributed by atoms with Crippen LogP contribution in [0.25, 0.3) is 0 Å². The third kappa shape index (κ3) is 0.927. The first-order valence-corrected chi connectivity index (χ1v) is 4.63. The number of rotatable bonds is 0. The molecule has 0 N–H and O–H groups in total. The van der Waals surface area contributed by atoms with Crippen LogP contribution in [-0.4, -0.2) is 6.61 Å². The van der Waals surface area contributed by atoms with Crippen LogP contribution in [0.3, 0.4) is 0 Å². The molecule has 3 aliphatic rings. The molecule has 1 heteroatoms. The van der Waals surface area contributed by atoms with Gasteiger partial charge in [0, 0.05) is 5.92 Å². The zero-order valence-corrected chi connectivity index (χ0v) is 6.99. The molecule has 12 heavy (non-hydrogen) atoms. The van der Waals surface area contributed by atoms with E-state index in [4.69, 9.17) is 4.74 Å². The second kappa shape index (κ2) is 2.25. The van der Waals surface area contributed by atoms with Gasteiger partial charge in [-0.2, -0.15) is 0 Å². The summed E-state index contributed by atoms with van der Waals surface area (Å²) in [5, 5.41) is 0. The molecular weight excluding hydrogens is 148 g/mol. The van der Waals surface area contributed by atoms with Crippen molar-refractivity contribution in [3.05, 3.63) is 35.6 Å². The molecule has 2 unspecified atom stereocenters. The Morgan fingerprint density at radius 1 is 1.42 bits per heavy atom. The number of hydrogen-bond acceptors (Lipinski definition) is 1. The summed E-state index contributed by atoms with van der Waals surface area (Å²) in [5.74, 6) is 2.92. The maximum Gasteiger partial charge on any atom is 0.106 e. The smallest absolute Gasteiger partial charge is 0.106 e. The van der Waals surface area contributed by atoms with Crippen molar-refractivity contribution < 1.29 is 4.74 Å². The van der Waals surface area contributed by atoms with Gasteiger partial charge in [0.1, 0.15) is 12.4 Å².